The first-order chi connectivity index (χ1) is 12.8. The van der Waals surface area contributed by atoms with Gasteiger partial charge >= 0.3 is 5.97 Å². The highest BCUT2D eigenvalue weighted by molar-refractivity contribution is 7.99. The fourth-order valence-corrected chi connectivity index (χ4v) is 2.88. The van der Waals surface area contributed by atoms with Crippen molar-refractivity contribution in [1.82, 2.24) is 0 Å². The van der Waals surface area contributed by atoms with Crippen molar-refractivity contribution in [3.05, 3.63) is 59.7 Å². The number of thioether (sulfide) groups is 1. The molecule has 0 aliphatic heterocycles. The summed E-state index contributed by atoms with van der Waals surface area (Å²) in [6, 6.07) is 9.81. The summed E-state index contributed by atoms with van der Waals surface area (Å²) in [6.45, 7) is 1.00. The van der Waals surface area contributed by atoms with E-state index in [1.807, 2.05) is 0 Å². The van der Waals surface area contributed by atoms with Crippen molar-refractivity contribution in [1.29, 1.82) is 0 Å². The minimum absolute atomic E-state index is 0.0181. The molecule has 142 valence electrons. The lowest BCUT2D eigenvalue weighted by atomic mass is 10.1. The Morgan fingerprint density at radius 3 is 2.37 bits per heavy atom. The van der Waals surface area contributed by atoms with Crippen LogP contribution >= 0.6 is 11.8 Å². The summed E-state index contributed by atoms with van der Waals surface area (Å²) in [5, 5.41) is 2.55. The van der Waals surface area contributed by atoms with Crippen LogP contribution in [0, 0.1) is 11.6 Å². The van der Waals surface area contributed by atoms with Gasteiger partial charge in [-0.15, -0.1) is 11.8 Å². The Morgan fingerprint density at radius 1 is 1.04 bits per heavy atom. The van der Waals surface area contributed by atoms with Crippen LogP contribution in [-0.4, -0.2) is 30.0 Å². The van der Waals surface area contributed by atoms with Crippen LogP contribution in [0.25, 0.3) is 0 Å². The number of hydrogen-bond acceptors (Lipinski definition) is 5. The largest absolute Gasteiger partial charge is 0.456 e. The number of anilines is 1. The number of hydrogen-bond donors (Lipinski definition) is 1. The van der Waals surface area contributed by atoms with Crippen molar-refractivity contribution in [2.24, 2.45) is 0 Å². The normalized spacial score (nSPS) is 10.3. The summed E-state index contributed by atoms with van der Waals surface area (Å²) < 4.78 is 30.8. The van der Waals surface area contributed by atoms with Crippen molar-refractivity contribution in [3.8, 4) is 0 Å². The van der Waals surface area contributed by atoms with Gasteiger partial charge in [0.2, 0.25) is 0 Å². The summed E-state index contributed by atoms with van der Waals surface area (Å²) in [5.74, 6) is -2.74. The van der Waals surface area contributed by atoms with E-state index in [0.717, 1.165) is 12.1 Å². The molecule has 0 radical (unpaired) electrons. The zero-order valence-electron chi connectivity index (χ0n) is 14.5. The Labute approximate surface area is 159 Å². The Morgan fingerprint density at radius 2 is 1.74 bits per heavy atom. The molecule has 0 heterocycles. The minimum atomic E-state index is -0.949. The standard InChI is InChI=1S/C19H17F2NO4S/c1-12(23)13-2-4-14(5-3-13)22-18(24)11-26-19(25)8-9-27-15-6-7-16(20)17(21)10-15/h2-7,10H,8-9,11H2,1H3,(H,22,24). The molecule has 27 heavy (non-hydrogen) atoms. The molecule has 1 amide bonds. The van der Waals surface area contributed by atoms with Crippen molar-refractivity contribution in [2.45, 2.75) is 18.2 Å². The van der Waals surface area contributed by atoms with Gasteiger partial charge in [0.15, 0.2) is 24.0 Å². The Bertz CT molecular complexity index is 840. The summed E-state index contributed by atoms with van der Waals surface area (Å²) in [7, 11) is 0. The number of halogens is 2. The van der Waals surface area contributed by atoms with E-state index in [1.165, 1.54) is 24.8 Å². The van der Waals surface area contributed by atoms with Crippen LogP contribution < -0.4 is 5.32 Å². The molecule has 0 aromatic heterocycles. The van der Waals surface area contributed by atoms with Crippen molar-refractivity contribution < 1.29 is 27.9 Å². The maximum Gasteiger partial charge on any atom is 0.307 e. The molecule has 0 saturated heterocycles. The van der Waals surface area contributed by atoms with Crippen LogP contribution in [-0.2, 0) is 14.3 Å². The number of carbonyl (C=O) groups excluding carboxylic acids is 3. The lowest BCUT2D eigenvalue weighted by molar-refractivity contribution is -0.146. The number of amides is 1. The topological polar surface area (TPSA) is 72.5 Å². The zero-order chi connectivity index (χ0) is 19.8. The van der Waals surface area contributed by atoms with Gasteiger partial charge in [-0.1, -0.05) is 0 Å². The van der Waals surface area contributed by atoms with Gasteiger partial charge in [-0.3, -0.25) is 14.4 Å². The lowest BCUT2D eigenvalue weighted by Gasteiger charge is -2.07. The summed E-state index contributed by atoms with van der Waals surface area (Å²) in [6.07, 6.45) is 0.0181. The number of ether oxygens (including phenoxy) is 1. The van der Waals surface area contributed by atoms with Crippen LogP contribution in [0.15, 0.2) is 47.4 Å². The van der Waals surface area contributed by atoms with E-state index in [0.29, 0.717) is 21.9 Å². The van der Waals surface area contributed by atoms with Gasteiger partial charge in [-0.05, 0) is 49.4 Å². The average molecular weight is 393 g/mol. The molecule has 0 spiro atoms. The fourth-order valence-electron chi connectivity index (χ4n) is 2.02. The molecule has 0 unspecified atom stereocenters. The molecule has 0 atom stereocenters. The molecule has 0 aliphatic rings. The van der Waals surface area contributed by atoms with E-state index in [9.17, 15) is 23.2 Å². The van der Waals surface area contributed by atoms with E-state index in [2.05, 4.69) is 5.32 Å². The molecule has 0 bridgehead atoms. The van der Waals surface area contributed by atoms with Crippen LogP contribution in [0.1, 0.15) is 23.7 Å². The quantitative estimate of drug-likeness (QED) is 0.419. The molecule has 0 fully saturated rings. The van der Waals surface area contributed by atoms with E-state index in [1.54, 1.807) is 24.3 Å². The predicted octanol–water partition coefficient (Wildman–Crippen LogP) is 3.83. The molecule has 0 saturated carbocycles. The fraction of sp³-hybridized carbons (Fsp3) is 0.211. The van der Waals surface area contributed by atoms with Gasteiger partial charge < -0.3 is 10.1 Å². The SMILES string of the molecule is CC(=O)c1ccc(NC(=O)COC(=O)CCSc2ccc(F)c(F)c2)cc1. The van der Waals surface area contributed by atoms with E-state index in [-0.39, 0.29) is 12.2 Å². The number of ketones is 1. The highest BCUT2D eigenvalue weighted by Gasteiger charge is 2.09. The maximum absolute atomic E-state index is 13.1. The number of carbonyl (C=O) groups is 3. The number of benzene rings is 2. The van der Waals surface area contributed by atoms with Gasteiger partial charge in [-0.2, -0.15) is 0 Å². The Balaban J connectivity index is 1.69. The second kappa shape index (κ2) is 9.82. The highest BCUT2D eigenvalue weighted by atomic mass is 32.2. The molecule has 1 N–H and O–H groups in total. The number of rotatable bonds is 8. The molecular formula is C19H17F2NO4S. The summed E-state index contributed by atoms with van der Waals surface area (Å²) >= 11 is 1.18. The number of esters is 1. The van der Waals surface area contributed by atoms with Crippen LogP contribution in [0.4, 0.5) is 14.5 Å². The van der Waals surface area contributed by atoms with E-state index >= 15 is 0 Å². The van der Waals surface area contributed by atoms with Crippen LogP contribution in [0.5, 0.6) is 0 Å². The molecular weight excluding hydrogens is 376 g/mol. The Hall–Kier alpha value is -2.74. The van der Waals surface area contributed by atoms with Crippen LogP contribution in [0.2, 0.25) is 0 Å². The number of nitrogens with one attached hydrogen (secondary N) is 1. The third-order valence-corrected chi connectivity index (χ3v) is 4.40. The predicted molar refractivity (Wildman–Crippen MR) is 97.7 cm³/mol. The second-order valence-electron chi connectivity index (χ2n) is 5.52. The molecule has 8 heteroatoms. The average Bonchev–Trinajstić information content (AvgIpc) is 2.63. The monoisotopic (exact) mass is 393 g/mol. The van der Waals surface area contributed by atoms with E-state index in [4.69, 9.17) is 4.74 Å². The first-order valence-corrected chi connectivity index (χ1v) is 8.98. The van der Waals surface area contributed by atoms with Crippen LogP contribution in [0.3, 0.4) is 0 Å². The van der Waals surface area contributed by atoms with Crippen molar-refractivity contribution in [2.75, 3.05) is 17.7 Å². The van der Waals surface area contributed by atoms with E-state index < -0.39 is 30.1 Å². The van der Waals surface area contributed by atoms with Gasteiger partial charge in [0, 0.05) is 21.9 Å². The maximum atomic E-state index is 13.1. The molecule has 2 rings (SSSR count). The third kappa shape index (κ3) is 6.82. The lowest BCUT2D eigenvalue weighted by Crippen LogP contribution is -2.21. The van der Waals surface area contributed by atoms with Gasteiger partial charge in [0.1, 0.15) is 0 Å². The third-order valence-electron chi connectivity index (χ3n) is 3.41. The minimum Gasteiger partial charge on any atom is -0.456 e. The Kier molecular flexibility index (Phi) is 7.48. The first kappa shape index (κ1) is 20.6. The second-order valence-corrected chi connectivity index (χ2v) is 6.69. The zero-order valence-corrected chi connectivity index (χ0v) is 15.3. The summed E-state index contributed by atoms with van der Waals surface area (Å²) in [4.78, 5) is 35.1. The smallest absolute Gasteiger partial charge is 0.307 e. The highest BCUT2D eigenvalue weighted by Crippen LogP contribution is 2.21. The molecule has 2 aromatic carbocycles. The van der Waals surface area contributed by atoms with Gasteiger partial charge in [0.05, 0.1) is 6.42 Å². The first-order valence-electron chi connectivity index (χ1n) is 7.99. The molecule has 0 aliphatic carbocycles. The number of Topliss-reactive ketones (excluding diaryl/α,β-unsaturated/α-hetero) is 1. The molecule has 5 nitrogen and oxygen atoms in total. The van der Waals surface area contributed by atoms with Crippen molar-refractivity contribution in [3.63, 3.8) is 0 Å². The molecule has 2 aromatic rings. The summed E-state index contributed by atoms with van der Waals surface area (Å²) in [5.41, 5.74) is 1.01. The van der Waals surface area contributed by atoms with Crippen molar-refractivity contribution >= 4 is 35.1 Å². The van der Waals surface area contributed by atoms with Gasteiger partial charge in [0.25, 0.3) is 5.91 Å². The van der Waals surface area contributed by atoms with Gasteiger partial charge in [-0.25, -0.2) is 8.78 Å².